The van der Waals surface area contributed by atoms with Gasteiger partial charge in [0.25, 0.3) is 0 Å². The zero-order chi connectivity index (χ0) is 11.2. The lowest BCUT2D eigenvalue weighted by molar-refractivity contribution is -0.396. The first kappa shape index (κ1) is 10.8. The molecule has 2 nitrogen and oxygen atoms in total. The van der Waals surface area contributed by atoms with Crippen LogP contribution in [0.1, 0.15) is 6.42 Å². The van der Waals surface area contributed by atoms with Crippen molar-refractivity contribution in [1.82, 2.24) is 4.98 Å². The molecule has 1 aliphatic carbocycles. The molecule has 16 heavy (non-hydrogen) atoms. The maximum Gasteiger partial charge on any atom is 0.314 e. The number of hydrogen-bond donors (Lipinski definition) is 1. The number of hydrogen-bond acceptors (Lipinski definition) is 1. The van der Waals surface area contributed by atoms with Crippen LogP contribution >= 0.6 is 35.0 Å². The summed E-state index contributed by atoms with van der Waals surface area (Å²) in [5, 5.41) is 1.07. The Labute approximate surface area is 108 Å². The number of nitrogens with one attached hydrogen (secondary N) is 2. The van der Waals surface area contributed by atoms with E-state index in [9.17, 15) is 0 Å². The van der Waals surface area contributed by atoms with Crippen LogP contribution in [0.3, 0.4) is 0 Å². The molecule has 0 aliphatic heterocycles. The summed E-state index contributed by atoms with van der Waals surface area (Å²) in [7, 11) is 0. The van der Waals surface area contributed by atoms with Gasteiger partial charge in [-0.15, -0.1) is 23.2 Å². The third kappa shape index (κ3) is 2.04. The Kier molecular flexibility index (Phi) is 2.57. The van der Waals surface area contributed by atoms with E-state index in [-0.39, 0.29) is 0 Å². The maximum atomic E-state index is 5.98. The largest absolute Gasteiger partial charge is 0.314 e. The van der Waals surface area contributed by atoms with E-state index in [0.29, 0.717) is 5.92 Å². The number of rotatable bonds is 3. The maximum absolute atomic E-state index is 5.98. The molecule has 1 fully saturated rings. The van der Waals surface area contributed by atoms with Gasteiger partial charge in [-0.3, -0.25) is 0 Å². The van der Waals surface area contributed by atoms with Crippen molar-refractivity contribution in [2.45, 2.75) is 15.9 Å². The molecule has 3 rings (SSSR count). The standard InChI is InChI=1S/C11H10Cl2N2S/c12-11(13)5-7(11)6-16-10-14-8-3-1-2-4-9(8)15-10/h1-4,7H,5-6H2,(H,14,15)/p+1. The number of H-pyrrole nitrogens is 2. The van der Waals surface area contributed by atoms with E-state index < -0.39 is 4.33 Å². The molecule has 1 saturated carbocycles. The van der Waals surface area contributed by atoms with Crippen LogP contribution in [-0.4, -0.2) is 15.1 Å². The van der Waals surface area contributed by atoms with Gasteiger partial charge in [0, 0.05) is 11.7 Å². The van der Waals surface area contributed by atoms with Gasteiger partial charge in [0.2, 0.25) is 0 Å². The summed E-state index contributed by atoms with van der Waals surface area (Å²) >= 11 is 13.7. The highest BCUT2D eigenvalue weighted by molar-refractivity contribution is 7.99. The smallest absolute Gasteiger partial charge is 0.231 e. The molecular weight excluding hydrogens is 263 g/mol. The average Bonchev–Trinajstić information content (AvgIpc) is 2.72. The lowest BCUT2D eigenvalue weighted by Crippen LogP contribution is -2.03. The number of halogens is 2. The zero-order valence-corrected chi connectivity index (χ0v) is 10.8. The Morgan fingerprint density at radius 1 is 1.44 bits per heavy atom. The van der Waals surface area contributed by atoms with Crippen LogP contribution in [0.5, 0.6) is 0 Å². The molecule has 2 aromatic rings. The van der Waals surface area contributed by atoms with Gasteiger partial charge in [0.15, 0.2) is 11.0 Å². The van der Waals surface area contributed by atoms with Crippen LogP contribution in [0.15, 0.2) is 29.4 Å². The molecule has 0 amide bonds. The fourth-order valence-corrected chi connectivity index (χ4v) is 3.53. The Bertz CT molecular complexity index is 490. The van der Waals surface area contributed by atoms with Gasteiger partial charge in [0.1, 0.15) is 4.33 Å². The highest BCUT2D eigenvalue weighted by Crippen LogP contribution is 2.54. The normalized spacial score (nSPS) is 22.5. The van der Waals surface area contributed by atoms with E-state index >= 15 is 0 Å². The van der Waals surface area contributed by atoms with Crippen molar-refractivity contribution in [1.29, 1.82) is 0 Å². The highest BCUT2D eigenvalue weighted by atomic mass is 35.5. The summed E-state index contributed by atoms with van der Waals surface area (Å²) in [6.07, 6.45) is 0.906. The van der Waals surface area contributed by atoms with Crippen molar-refractivity contribution in [2.75, 3.05) is 5.75 Å². The van der Waals surface area contributed by atoms with Gasteiger partial charge in [-0.25, -0.2) is 9.97 Å². The zero-order valence-electron chi connectivity index (χ0n) is 8.47. The number of imidazole rings is 1. The van der Waals surface area contributed by atoms with Crippen molar-refractivity contribution in [3.63, 3.8) is 0 Å². The molecule has 1 unspecified atom stereocenters. The first-order valence-corrected chi connectivity index (χ1v) is 6.90. The van der Waals surface area contributed by atoms with Crippen LogP contribution in [0.25, 0.3) is 11.0 Å². The minimum absolute atomic E-state index is 0.417. The highest BCUT2D eigenvalue weighted by Gasteiger charge is 2.51. The number of aromatic nitrogens is 2. The van der Waals surface area contributed by atoms with Gasteiger partial charge in [0.05, 0.1) is 0 Å². The first-order chi connectivity index (χ1) is 7.65. The average molecular weight is 274 g/mol. The molecule has 5 heteroatoms. The summed E-state index contributed by atoms with van der Waals surface area (Å²) in [5.41, 5.74) is 2.26. The molecule has 2 N–H and O–H groups in total. The van der Waals surface area contributed by atoms with Gasteiger partial charge in [-0.1, -0.05) is 12.1 Å². The number of fused-ring (bicyclic) bond motifs is 1. The molecule has 1 aliphatic rings. The summed E-state index contributed by atoms with van der Waals surface area (Å²) in [5.74, 6) is 1.37. The monoisotopic (exact) mass is 273 g/mol. The van der Waals surface area contributed by atoms with E-state index in [4.69, 9.17) is 23.2 Å². The summed E-state index contributed by atoms with van der Waals surface area (Å²) in [6, 6.07) is 8.15. The van der Waals surface area contributed by atoms with Crippen LogP contribution in [0, 0.1) is 5.92 Å². The third-order valence-electron chi connectivity index (χ3n) is 2.81. The van der Waals surface area contributed by atoms with Crippen LogP contribution < -0.4 is 4.98 Å². The van der Waals surface area contributed by atoms with Gasteiger partial charge in [-0.05, 0) is 30.3 Å². The van der Waals surface area contributed by atoms with E-state index in [1.165, 1.54) is 0 Å². The summed E-state index contributed by atoms with van der Waals surface area (Å²) < 4.78 is -0.473. The molecule has 1 aromatic carbocycles. The third-order valence-corrected chi connectivity index (χ3v) is 4.80. The van der Waals surface area contributed by atoms with Crippen molar-refractivity contribution in [2.24, 2.45) is 5.92 Å². The molecule has 0 radical (unpaired) electrons. The molecule has 1 aromatic heterocycles. The van der Waals surface area contributed by atoms with Crippen molar-refractivity contribution < 1.29 is 4.98 Å². The Morgan fingerprint density at radius 3 is 2.88 bits per heavy atom. The molecule has 1 heterocycles. The second-order valence-corrected chi connectivity index (χ2v) is 6.67. The van der Waals surface area contributed by atoms with E-state index in [0.717, 1.165) is 28.4 Å². The van der Waals surface area contributed by atoms with Crippen molar-refractivity contribution in [3.05, 3.63) is 24.3 Å². The van der Waals surface area contributed by atoms with Crippen LogP contribution in [0.2, 0.25) is 0 Å². The number of thioether (sulfide) groups is 1. The number of alkyl halides is 2. The molecule has 0 spiro atoms. The van der Waals surface area contributed by atoms with Gasteiger partial charge < -0.3 is 0 Å². The van der Waals surface area contributed by atoms with E-state index in [2.05, 4.69) is 22.1 Å². The first-order valence-electron chi connectivity index (χ1n) is 5.16. The Balaban J connectivity index is 1.70. The minimum atomic E-state index is -0.473. The quantitative estimate of drug-likeness (QED) is 0.675. The molecular formula is C11H11Cl2N2S+. The minimum Gasteiger partial charge on any atom is -0.231 e. The van der Waals surface area contributed by atoms with Crippen molar-refractivity contribution in [3.8, 4) is 0 Å². The Hall–Kier alpha value is -0.380. The van der Waals surface area contributed by atoms with E-state index in [1.54, 1.807) is 11.8 Å². The SMILES string of the molecule is ClC1(Cl)CC1CSc1[nH]c2ccccc2[nH+]1. The molecule has 1 atom stereocenters. The number of para-hydroxylation sites is 2. The fraction of sp³-hybridized carbons (Fsp3) is 0.364. The summed E-state index contributed by atoms with van der Waals surface area (Å²) in [4.78, 5) is 6.65. The van der Waals surface area contributed by atoms with E-state index in [1.807, 2.05) is 12.1 Å². The number of benzene rings is 1. The predicted molar refractivity (Wildman–Crippen MR) is 68.1 cm³/mol. The molecule has 0 bridgehead atoms. The van der Waals surface area contributed by atoms with Gasteiger partial charge in [-0.2, -0.15) is 0 Å². The van der Waals surface area contributed by atoms with Crippen molar-refractivity contribution >= 4 is 46.0 Å². The topological polar surface area (TPSA) is 29.9 Å². The Morgan fingerprint density at radius 2 is 2.19 bits per heavy atom. The molecule has 0 saturated heterocycles. The lowest BCUT2D eigenvalue weighted by Gasteiger charge is -1.94. The van der Waals surface area contributed by atoms with Crippen LogP contribution in [0.4, 0.5) is 0 Å². The second-order valence-electron chi connectivity index (χ2n) is 4.10. The number of aromatic amines is 2. The summed E-state index contributed by atoms with van der Waals surface area (Å²) in [6.45, 7) is 0. The second kappa shape index (κ2) is 3.83. The lowest BCUT2D eigenvalue weighted by atomic mass is 10.3. The molecule has 84 valence electrons. The fourth-order valence-electron chi connectivity index (χ4n) is 1.68. The van der Waals surface area contributed by atoms with Gasteiger partial charge >= 0.3 is 5.16 Å². The van der Waals surface area contributed by atoms with Crippen LogP contribution in [-0.2, 0) is 0 Å². The predicted octanol–water partition coefficient (Wildman–Crippen LogP) is 3.27.